The number of carbonyl (C=O) groups excluding carboxylic acids is 3. The number of fused-ring (bicyclic) bond motifs is 6. The van der Waals surface area contributed by atoms with E-state index >= 15 is 0 Å². The molecule has 0 radical (unpaired) electrons. The Hall–Kier alpha value is -1.67. The molecule has 7 fully saturated rings. The average Bonchev–Trinajstić information content (AvgIpc) is 3.60. The molecule has 4 bridgehead atoms. The first-order valence-electron chi connectivity index (χ1n) is 13.3. The van der Waals surface area contributed by atoms with Crippen molar-refractivity contribution in [2.75, 3.05) is 32.8 Å². The predicted molar refractivity (Wildman–Crippen MR) is 117 cm³/mol. The second kappa shape index (κ2) is 7.66. The van der Waals surface area contributed by atoms with E-state index in [9.17, 15) is 14.4 Å². The number of ether oxygens (including phenoxy) is 4. The van der Waals surface area contributed by atoms with Crippen molar-refractivity contribution in [3.05, 3.63) is 0 Å². The molecule has 0 aromatic rings. The highest BCUT2D eigenvalue weighted by Gasteiger charge is 2.70. The zero-order valence-electron chi connectivity index (χ0n) is 19.9. The standard InChI is InChI=1S/C26H35NO7/c1-26(10-17-13-2-3-14(8-13)18(17)11-26)34-25(30)21-16-9-15-20(21)24(29)33-23(15)22(16)32-19(28)12-27-4-6-31-7-5-27/h13-18,20-23H,2-12H2,1H3. The maximum Gasteiger partial charge on any atom is 0.320 e. The van der Waals surface area contributed by atoms with Gasteiger partial charge in [0, 0.05) is 24.9 Å². The van der Waals surface area contributed by atoms with Crippen molar-refractivity contribution >= 4 is 17.9 Å². The molecule has 10 unspecified atom stereocenters. The van der Waals surface area contributed by atoms with E-state index in [2.05, 4.69) is 6.92 Å². The van der Waals surface area contributed by atoms with E-state index in [0.717, 1.165) is 24.7 Å². The second-order valence-corrected chi connectivity index (χ2v) is 12.3. The van der Waals surface area contributed by atoms with Crippen LogP contribution in [0.2, 0.25) is 0 Å². The molecule has 2 aliphatic heterocycles. The maximum absolute atomic E-state index is 13.6. The van der Waals surface area contributed by atoms with E-state index in [1.54, 1.807) is 0 Å². The fourth-order valence-corrected chi connectivity index (χ4v) is 9.24. The molecule has 0 amide bonds. The molecule has 10 atom stereocenters. The molecule has 8 nitrogen and oxygen atoms in total. The quantitative estimate of drug-likeness (QED) is 0.441. The predicted octanol–water partition coefficient (Wildman–Crippen LogP) is 1.80. The van der Waals surface area contributed by atoms with E-state index in [1.165, 1.54) is 19.3 Å². The lowest BCUT2D eigenvalue weighted by molar-refractivity contribution is -0.174. The second-order valence-electron chi connectivity index (χ2n) is 12.3. The van der Waals surface area contributed by atoms with Gasteiger partial charge in [0.2, 0.25) is 0 Å². The van der Waals surface area contributed by atoms with Crippen molar-refractivity contribution < 1.29 is 33.3 Å². The Bertz CT molecular complexity index is 882. The summed E-state index contributed by atoms with van der Waals surface area (Å²) in [5.74, 6) is 0.795. The minimum atomic E-state index is -0.563. The van der Waals surface area contributed by atoms with Crippen LogP contribution in [0.15, 0.2) is 0 Å². The molecule has 8 heteroatoms. The fourth-order valence-electron chi connectivity index (χ4n) is 9.24. The molecule has 34 heavy (non-hydrogen) atoms. The number of carbonyl (C=O) groups is 3. The zero-order valence-corrected chi connectivity index (χ0v) is 19.9. The molecular weight excluding hydrogens is 438 g/mol. The van der Waals surface area contributed by atoms with Crippen molar-refractivity contribution in [1.29, 1.82) is 0 Å². The summed E-state index contributed by atoms with van der Waals surface area (Å²) in [5, 5.41) is 0. The van der Waals surface area contributed by atoms with Crippen LogP contribution in [0.1, 0.15) is 45.4 Å². The van der Waals surface area contributed by atoms with Crippen molar-refractivity contribution in [3.8, 4) is 0 Å². The number of esters is 3. The van der Waals surface area contributed by atoms with Gasteiger partial charge < -0.3 is 18.9 Å². The highest BCUT2D eigenvalue weighted by molar-refractivity contribution is 5.86. The van der Waals surface area contributed by atoms with Crippen molar-refractivity contribution in [1.82, 2.24) is 4.90 Å². The summed E-state index contributed by atoms with van der Waals surface area (Å²) in [7, 11) is 0. The van der Waals surface area contributed by atoms with Crippen LogP contribution in [-0.2, 0) is 33.3 Å². The first kappa shape index (κ1) is 21.6. The lowest BCUT2D eigenvalue weighted by Gasteiger charge is -2.34. The third kappa shape index (κ3) is 3.20. The van der Waals surface area contributed by atoms with Gasteiger partial charge in [-0.15, -0.1) is 0 Å². The van der Waals surface area contributed by atoms with Crippen LogP contribution in [0, 0.1) is 47.3 Å². The minimum Gasteiger partial charge on any atom is -0.459 e. The molecule has 0 aromatic heterocycles. The molecule has 186 valence electrons. The molecule has 0 aromatic carbocycles. The number of nitrogens with zero attached hydrogens (tertiary/aromatic N) is 1. The molecule has 2 saturated heterocycles. The first-order chi connectivity index (χ1) is 16.4. The average molecular weight is 474 g/mol. The van der Waals surface area contributed by atoms with Crippen molar-refractivity contribution in [2.24, 2.45) is 47.3 Å². The van der Waals surface area contributed by atoms with Crippen LogP contribution < -0.4 is 0 Å². The summed E-state index contributed by atoms with van der Waals surface area (Å²) in [6.07, 6.45) is 5.62. The van der Waals surface area contributed by atoms with E-state index in [-0.39, 0.29) is 36.3 Å². The van der Waals surface area contributed by atoms with Gasteiger partial charge in [-0.3, -0.25) is 19.3 Å². The summed E-state index contributed by atoms with van der Waals surface area (Å²) in [6, 6.07) is 0. The maximum atomic E-state index is 13.6. The van der Waals surface area contributed by atoms with Gasteiger partial charge in [0.25, 0.3) is 0 Å². The van der Waals surface area contributed by atoms with Gasteiger partial charge in [-0.1, -0.05) is 0 Å². The Morgan fingerprint density at radius 1 is 1.03 bits per heavy atom. The van der Waals surface area contributed by atoms with Crippen LogP contribution >= 0.6 is 0 Å². The summed E-state index contributed by atoms with van der Waals surface area (Å²) in [4.78, 5) is 41.1. The summed E-state index contributed by atoms with van der Waals surface area (Å²) in [5.41, 5.74) is -0.445. The number of hydrogen-bond donors (Lipinski definition) is 0. The van der Waals surface area contributed by atoms with Crippen LogP contribution in [0.5, 0.6) is 0 Å². The largest absolute Gasteiger partial charge is 0.459 e. The highest BCUT2D eigenvalue weighted by Crippen LogP contribution is 2.63. The Morgan fingerprint density at radius 3 is 2.44 bits per heavy atom. The van der Waals surface area contributed by atoms with E-state index in [1.807, 2.05) is 4.90 Å². The van der Waals surface area contributed by atoms with Gasteiger partial charge in [-0.25, -0.2) is 0 Å². The van der Waals surface area contributed by atoms with Gasteiger partial charge >= 0.3 is 17.9 Å². The summed E-state index contributed by atoms with van der Waals surface area (Å²) in [6.45, 7) is 4.90. The van der Waals surface area contributed by atoms with E-state index < -0.39 is 29.6 Å². The molecule has 5 aliphatic carbocycles. The molecule has 5 saturated carbocycles. The van der Waals surface area contributed by atoms with Crippen LogP contribution in [0.3, 0.4) is 0 Å². The van der Waals surface area contributed by atoms with Crippen molar-refractivity contribution in [3.63, 3.8) is 0 Å². The highest BCUT2D eigenvalue weighted by atomic mass is 16.6. The van der Waals surface area contributed by atoms with Crippen LogP contribution in [-0.4, -0.2) is 73.5 Å². The molecule has 7 rings (SSSR count). The third-order valence-corrected chi connectivity index (χ3v) is 10.5. The lowest BCUT2D eigenvalue weighted by atomic mass is 9.78. The zero-order chi connectivity index (χ0) is 23.2. The molecular formula is C26H35NO7. The summed E-state index contributed by atoms with van der Waals surface area (Å²) >= 11 is 0. The Balaban J connectivity index is 1.04. The van der Waals surface area contributed by atoms with Crippen LogP contribution in [0.25, 0.3) is 0 Å². The lowest BCUT2D eigenvalue weighted by Crippen LogP contribution is -2.47. The minimum absolute atomic E-state index is 0.0529. The van der Waals surface area contributed by atoms with Gasteiger partial charge in [-0.05, 0) is 69.1 Å². The Morgan fingerprint density at radius 2 is 1.74 bits per heavy atom. The van der Waals surface area contributed by atoms with Gasteiger partial charge in [-0.2, -0.15) is 0 Å². The third-order valence-electron chi connectivity index (χ3n) is 10.5. The van der Waals surface area contributed by atoms with Gasteiger partial charge in [0.15, 0.2) is 0 Å². The van der Waals surface area contributed by atoms with Crippen molar-refractivity contribution in [2.45, 2.75) is 63.3 Å². The topological polar surface area (TPSA) is 91.4 Å². The van der Waals surface area contributed by atoms with E-state index in [0.29, 0.717) is 44.6 Å². The monoisotopic (exact) mass is 473 g/mol. The molecule has 7 aliphatic rings. The normalized spacial score (nSPS) is 50.4. The van der Waals surface area contributed by atoms with E-state index in [4.69, 9.17) is 18.9 Å². The summed E-state index contributed by atoms with van der Waals surface area (Å²) < 4.78 is 23.2. The number of morpholine rings is 1. The van der Waals surface area contributed by atoms with Gasteiger partial charge in [0.05, 0.1) is 31.6 Å². The number of hydrogen-bond acceptors (Lipinski definition) is 8. The molecule has 2 heterocycles. The van der Waals surface area contributed by atoms with Crippen LogP contribution in [0.4, 0.5) is 0 Å². The SMILES string of the molecule is CC1(OC(=O)C2C3CC4C(OC(=O)C42)C3OC(=O)CN2CCOCC2)CC2C3CCC(C3)C2C1. The smallest absolute Gasteiger partial charge is 0.320 e. The molecule has 0 N–H and O–H groups in total. The molecule has 0 spiro atoms. The Kier molecular flexibility index (Phi) is 4.87. The fraction of sp³-hybridized carbons (Fsp3) is 0.885. The first-order valence-corrected chi connectivity index (χ1v) is 13.3. The Labute approximate surface area is 200 Å². The van der Waals surface area contributed by atoms with Gasteiger partial charge in [0.1, 0.15) is 17.8 Å². The number of rotatable bonds is 5.